The molecule has 0 fully saturated rings. The highest BCUT2D eigenvalue weighted by molar-refractivity contribution is 7.93. The van der Waals surface area contributed by atoms with Crippen molar-refractivity contribution >= 4 is 27.0 Å². The molecule has 2 heterocycles. The first kappa shape index (κ1) is 24.0. The molecule has 1 aliphatic carbocycles. The van der Waals surface area contributed by atoms with Gasteiger partial charge >= 0.3 is 11.7 Å². The zero-order valence-corrected chi connectivity index (χ0v) is 19.1. The number of fused-ring (bicyclic) bond motifs is 1. The van der Waals surface area contributed by atoms with Crippen LogP contribution in [0.3, 0.4) is 0 Å². The fourth-order valence-electron chi connectivity index (χ4n) is 3.38. The number of nitrogens with zero attached hydrogens (tertiary/aromatic N) is 3. The second-order valence-electron chi connectivity index (χ2n) is 7.63. The number of imidazole rings is 1. The van der Waals surface area contributed by atoms with Gasteiger partial charge in [-0.15, -0.1) is 0 Å². The van der Waals surface area contributed by atoms with Crippen LogP contribution in [0, 0.1) is 0 Å². The van der Waals surface area contributed by atoms with Crippen molar-refractivity contribution in [1.29, 1.82) is 0 Å². The molecule has 1 aliphatic rings. The van der Waals surface area contributed by atoms with Crippen LogP contribution in [-0.2, 0) is 16.6 Å². The van der Waals surface area contributed by atoms with Crippen molar-refractivity contribution in [2.24, 2.45) is 5.73 Å². The monoisotopic (exact) mass is 465 g/mol. The third-order valence-electron chi connectivity index (χ3n) is 5.19. The number of hydrogen-bond acceptors (Lipinski definition) is 8. The molecular formula is C20H31N7O4S. The lowest BCUT2D eigenvalue weighted by Gasteiger charge is -2.13. The maximum atomic E-state index is 12.5. The highest BCUT2D eigenvalue weighted by Crippen LogP contribution is 2.20. The van der Waals surface area contributed by atoms with Crippen molar-refractivity contribution in [3.63, 3.8) is 0 Å². The second-order valence-corrected chi connectivity index (χ2v) is 9.40. The number of anilines is 1. The SMILES string of the molecule is CCCCOc1nc(N)c2[nH]c(=O)n(CCCCNS(=O)(=O)C3=CCCC(CN)=C3)c2n1. The van der Waals surface area contributed by atoms with Crippen LogP contribution >= 0.6 is 0 Å². The van der Waals surface area contributed by atoms with Gasteiger partial charge in [0.05, 0.1) is 11.5 Å². The topological polar surface area (TPSA) is 171 Å². The molecule has 0 aromatic carbocycles. The van der Waals surface area contributed by atoms with Crippen molar-refractivity contribution in [3.8, 4) is 6.01 Å². The van der Waals surface area contributed by atoms with E-state index in [1.54, 1.807) is 12.2 Å². The predicted molar refractivity (Wildman–Crippen MR) is 124 cm³/mol. The molecule has 2 aromatic rings. The maximum absolute atomic E-state index is 12.5. The molecule has 0 aliphatic heterocycles. The van der Waals surface area contributed by atoms with Crippen molar-refractivity contribution < 1.29 is 13.2 Å². The van der Waals surface area contributed by atoms with Crippen LogP contribution in [0.25, 0.3) is 11.2 Å². The van der Waals surface area contributed by atoms with E-state index >= 15 is 0 Å². The number of rotatable bonds is 12. The quantitative estimate of drug-likeness (QED) is 0.338. The second kappa shape index (κ2) is 10.7. The minimum absolute atomic E-state index is 0.134. The Balaban J connectivity index is 1.59. The Morgan fingerprint density at radius 1 is 1.28 bits per heavy atom. The Kier molecular flexibility index (Phi) is 8.04. The zero-order chi connectivity index (χ0) is 23.1. The molecule has 0 unspecified atom stereocenters. The molecule has 2 aromatic heterocycles. The van der Waals surface area contributed by atoms with Gasteiger partial charge in [-0.1, -0.05) is 25.0 Å². The highest BCUT2D eigenvalue weighted by atomic mass is 32.2. The number of hydrogen-bond donors (Lipinski definition) is 4. The van der Waals surface area contributed by atoms with Crippen molar-refractivity contribution in [2.45, 2.75) is 52.0 Å². The summed E-state index contributed by atoms with van der Waals surface area (Å²) in [5.74, 6) is 0.149. The van der Waals surface area contributed by atoms with E-state index in [0.717, 1.165) is 24.8 Å². The molecule has 6 N–H and O–H groups in total. The van der Waals surface area contributed by atoms with Crippen molar-refractivity contribution in [3.05, 3.63) is 33.1 Å². The average Bonchev–Trinajstić information content (AvgIpc) is 3.09. The minimum atomic E-state index is -3.58. The molecule has 11 nitrogen and oxygen atoms in total. The number of aromatic nitrogens is 4. The van der Waals surface area contributed by atoms with Crippen LogP contribution in [0.1, 0.15) is 45.4 Å². The summed E-state index contributed by atoms with van der Waals surface area (Å²) < 4.78 is 34.6. The van der Waals surface area contributed by atoms with E-state index in [4.69, 9.17) is 16.2 Å². The lowest BCUT2D eigenvalue weighted by Crippen LogP contribution is -2.27. The molecule has 3 rings (SSSR count). The van der Waals surface area contributed by atoms with E-state index in [-0.39, 0.29) is 29.0 Å². The summed E-state index contributed by atoms with van der Waals surface area (Å²) in [6, 6.07) is 0.134. The van der Waals surface area contributed by atoms with Gasteiger partial charge in [-0.25, -0.2) is 17.9 Å². The number of H-pyrrole nitrogens is 1. The summed E-state index contributed by atoms with van der Waals surface area (Å²) >= 11 is 0. The lowest BCUT2D eigenvalue weighted by atomic mass is 10.1. The molecule has 0 amide bonds. The molecular weight excluding hydrogens is 434 g/mol. The number of nitrogen functional groups attached to an aromatic ring is 1. The van der Waals surface area contributed by atoms with Gasteiger partial charge in [-0.3, -0.25) is 4.57 Å². The fraction of sp³-hybridized carbons (Fsp3) is 0.550. The number of allylic oxidation sites excluding steroid dienone is 2. The molecule has 32 heavy (non-hydrogen) atoms. The van der Waals surface area contributed by atoms with Gasteiger partial charge in [0, 0.05) is 19.6 Å². The maximum Gasteiger partial charge on any atom is 0.327 e. The smallest absolute Gasteiger partial charge is 0.327 e. The molecule has 0 saturated carbocycles. The number of unbranched alkanes of at least 4 members (excludes halogenated alkanes) is 2. The molecule has 0 spiro atoms. The van der Waals surface area contributed by atoms with Gasteiger partial charge in [0.2, 0.25) is 10.0 Å². The molecule has 0 saturated heterocycles. The Labute approximate surface area is 187 Å². The molecule has 0 atom stereocenters. The Hall–Kier alpha value is -2.70. The number of sulfonamides is 1. The van der Waals surface area contributed by atoms with Crippen LogP contribution in [0.4, 0.5) is 5.82 Å². The number of aryl methyl sites for hydroxylation is 1. The molecule has 0 bridgehead atoms. The van der Waals surface area contributed by atoms with Gasteiger partial charge in [0.25, 0.3) is 0 Å². The van der Waals surface area contributed by atoms with Crippen LogP contribution < -0.4 is 26.6 Å². The van der Waals surface area contributed by atoms with E-state index in [1.165, 1.54) is 4.57 Å². The van der Waals surface area contributed by atoms with E-state index in [2.05, 4.69) is 19.7 Å². The average molecular weight is 466 g/mol. The predicted octanol–water partition coefficient (Wildman–Crippen LogP) is 1.14. The first-order valence-corrected chi connectivity index (χ1v) is 12.3. The van der Waals surface area contributed by atoms with Crippen molar-refractivity contribution in [2.75, 3.05) is 25.4 Å². The van der Waals surface area contributed by atoms with Crippen LogP contribution in [0.2, 0.25) is 0 Å². The first-order chi connectivity index (χ1) is 15.4. The number of nitrogens with one attached hydrogen (secondary N) is 2. The van der Waals surface area contributed by atoms with Gasteiger partial charge in [-0.2, -0.15) is 9.97 Å². The summed E-state index contributed by atoms with van der Waals surface area (Å²) in [5, 5.41) is 0. The first-order valence-electron chi connectivity index (χ1n) is 10.8. The number of ether oxygens (including phenoxy) is 1. The number of aromatic amines is 1. The minimum Gasteiger partial charge on any atom is -0.463 e. The van der Waals surface area contributed by atoms with E-state index in [0.29, 0.717) is 50.1 Å². The van der Waals surface area contributed by atoms with Gasteiger partial charge < -0.3 is 21.2 Å². The molecule has 176 valence electrons. The molecule has 12 heteroatoms. The summed E-state index contributed by atoms with van der Waals surface area (Å²) in [7, 11) is -3.58. The van der Waals surface area contributed by atoms with Crippen LogP contribution in [-0.4, -0.2) is 47.6 Å². The van der Waals surface area contributed by atoms with E-state index in [9.17, 15) is 13.2 Å². The Morgan fingerprint density at radius 3 is 2.84 bits per heavy atom. The van der Waals surface area contributed by atoms with Gasteiger partial charge in [0.15, 0.2) is 11.5 Å². The Bertz CT molecular complexity index is 1160. The number of nitrogens with two attached hydrogens (primary N) is 2. The lowest BCUT2D eigenvalue weighted by molar-refractivity contribution is 0.286. The molecule has 0 radical (unpaired) electrons. The Morgan fingerprint density at radius 2 is 2.09 bits per heavy atom. The van der Waals surface area contributed by atoms with E-state index in [1.807, 2.05) is 6.92 Å². The summed E-state index contributed by atoms with van der Waals surface area (Å²) in [5.41, 5.74) is 12.9. The normalized spacial score (nSPS) is 14.4. The standard InChI is InChI=1S/C20H31N7O4S/c1-2-3-11-31-19-25-17(22)16-18(26-19)27(20(28)24-16)10-5-4-9-23-32(29,30)15-8-6-7-14(12-15)13-21/h8,12,23H,2-7,9-11,13,21H2,1H3,(H,24,28)(H2,22,25,26). The largest absolute Gasteiger partial charge is 0.463 e. The van der Waals surface area contributed by atoms with E-state index < -0.39 is 10.0 Å². The summed E-state index contributed by atoms with van der Waals surface area (Å²) in [6.07, 6.45) is 7.73. The van der Waals surface area contributed by atoms with Gasteiger partial charge in [0.1, 0.15) is 5.52 Å². The third kappa shape index (κ3) is 5.75. The van der Waals surface area contributed by atoms with Crippen molar-refractivity contribution in [1.82, 2.24) is 24.2 Å². The summed E-state index contributed by atoms with van der Waals surface area (Å²) in [6.45, 7) is 3.47. The highest BCUT2D eigenvalue weighted by Gasteiger charge is 2.18. The van der Waals surface area contributed by atoms with Crippen LogP contribution in [0.5, 0.6) is 6.01 Å². The fourth-order valence-corrected chi connectivity index (χ4v) is 4.61. The third-order valence-corrected chi connectivity index (χ3v) is 6.68. The zero-order valence-electron chi connectivity index (χ0n) is 18.3. The van der Waals surface area contributed by atoms with Crippen LogP contribution in [0.15, 0.2) is 27.4 Å². The van der Waals surface area contributed by atoms with Gasteiger partial charge in [-0.05, 0) is 38.2 Å². The summed E-state index contributed by atoms with van der Waals surface area (Å²) in [4.78, 5) is 23.7.